The molecule has 0 amide bonds. The van der Waals surface area contributed by atoms with Gasteiger partial charge in [-0.3, -0.25) is 0 Å². The molecule has 0 bridgehead atoms. The van der Waals surface area contributed by atoms with E-state index in [4.69, 9.17) is 5.11 Å². The molecule has 1 N–H and O–H groups in total. The summed E-state index contributed by atoms with van der Waals surface area (Å²) in [7, 11) is 0. The summed E-state index contributed by atoms with van der Waals surface area (Å²) in [6.45, 7) is 0. The largest absolute Gasteiger partial charge is 0.478 e. The van der Waals surface area contributed by atoms with Gasteiger partial charge in [0, 0.05) is 0 Å². The first-order chi connectivity index (χ1) is 7.22. The van der Waals surface area contributed by atoms with Crippen LogP contribution in [0.4, 0.5) is 5.69 Å². The molecule has 4 heteroatoms. The molecule has 0 aromatic heterocycles. The standard InChI is InChI=1S/C11H7NO3/c13-11(14)9-5-7-3-1-2-4-8(7)6-10(9)12-15/h1-6H,(H,13,14). The van der Waals surface area contributed by atoms with Gasteiger partial charge in [-0.15, -0.1) is 4.91 Å². The van der Waals surface area contributed by atoms with Crippen molar-refractivity contribution in [1.29, 1.82) is 0 Å². The Kier molecular flexibility index (Phi) is 2.17. The number of rotatable bonds is 2. The van der Waals surface area contributed by atoms with Crippen LogP contribution >= 0.6 is 0 Å². The summed E-state index contributed by atoms with van der Waals surface area (Å²) in [5, 5.41) is 13.2. The Morgan fingerprint density at radius 2 is 1.73 bits per heavy atom. The lowest BCUT2D eigenvalue weighted by Crippen LogP contribution is -1.96. The Balaban J connectivity index is 2.80. The number of fused-ring (bicyclic) bond motifs is 1. The monoisotopic (exact) mass is 201 g/mol. The van der Waals surface area contributed by atoms with Crippen LogP contribution in [-0.4, -0.2) is 11.1 Å². The van der Waals surface area contributed by atoms with E-state index in [0.29, 0.717) is 0 Å². The van der Waals surface area contributed by atoms with Gasteiger partial charge in [0.05, 0.1) is 5.56 Å². The summed E-state index contributed by atoms with van der Waals surface area (Å²) in [6, 6.07) is 10.1. The molecule has 0 spiro atoms. The highest BCUT2D eigenvalue weighted by molar-refractivity contribution is 6.00. The first-order valence-electron chi connectivity index (χ1n) is 4.32. The fraction of sp³-hybridized carbons (Fsp3) is 0. The summed E-state index contributed by atoms with van der Waals surface area (Å²) in [5.74, 6) is -1.14. The molecule has 0 aliphatic heterocycles. The first-order valence-corrected chi connectivity index (χ1v) is 4.32. The summed E-state index contributed by atoms with van der Waals surface area (Å²) < 4.78 is 0. The zero-order valence-electron chi connectivity index (χ0n) is 7.68. The van der Waals surface area contributed by atoms with Gasteiger partial charge in [-0.2, -0.15) is 0 Å². The van der Waals surface area contributed by atoms with Crippen LogP contribution < -0.4 is 0 Å². The molecule has 0 heterocycles. The molecule has 0 fully saturated rings. The zero-order valence-corrected chi connectivity index (χ0v) is 7.68. The molecule has 15 heavy (non-hydrogen) atoms. The lowest BCUT2D eigenvalue weighted by molar-refractivity contribution is 0.0698. The third-order valence-corrected chi connectivity index (χ3v) is 2.19. The molecule has 0 saturated carbocycles. The van der Waals surface area contributed by atoms with Gasteiger partial charge < -0.3 is 5.11 Å². The lowest BCUT2D eigenvalue weighted by atomic mass is 10.1. The van der Waals surface area contributed by atoms with Gasteiger partial charge in [0.25, 0.3) is 0 Å². The maximum Gasteiger partial charge on any atom is 0.338 e. The molecular formula is C11H7NO3. The van der Waals surface area contributed by atoms with Crippen molar-refractivity contribution in [2.24, 2.45) is 5.18 Å². The van der Waals surface area contributed by atoms with Gasteiger partial charge in [0.15, 0.2) is 0 Å². The average molecular weight is 201 g/mol. The van der Waals surface area contributed by atoms with Crippen LogP contribution in [0.3, 0.4) is 0 Å². The lowest BCUT2D eigenvalue weighted by Gasteiger charge is -2.01. The first kappa shape index (κ1) is 9.33. The molecular weight excluding hydrogens is 194 g/mol. The topological polar surface area (TPSA) is 66.7 Å². The fourth-order valence-electron chi connectivity index (χ4n) is 1.48. The van der Waals surface area contributed by atoms with Crippen LogP contribution in [0.2, 0.25) is 0 Å². The number of carboxylic acids is 1. The van der Waals surface area contributed by atoms with Crippen molar-refractivity contribution in [2.45, 2.75) is 0 Å². The van der Waals surface area contributed by atoms with E-state index >= 15 is 0 Å². The number of benzene rings is 2. The molecule has 0 aliphatic carbocycles. The molecule has 0 radical (unpaired) electrons. The van der Waals surface area contributed by atoms with E-state index in [1.807, 2.05) is 12.1 Å². The van der Waals surface area contributed by atoms with Crippen molar-refractivity contribution < 1.29 is 9.90 Å². The maximum atomic E-state index is 10.8. The summed E-state index contributed by atoms with van der Waals surface area (Å²) in [5.41, 5.74) is -0.107. The minimum absolute atomic E-state index is 0.0406. The number of aromatic carboxylic acids is 1. The molecule has 4 nitrogen and oxygen atoms in total. The second-order valence-electron chi connectivity index (χ2n) is 3.11. The van der Waals surface area contributed by atoms with Crippen LogP contribution in [0, 0.1) is 4.91 Å². The minimum atomic E-state index is -1.14. The minimum Gasteiger partial charge on any atom is -0.478 e. The second-order valence-corrected chi connectivity index (χ2v) is 3.11. The van der Waals surface area contributed by atoms with Gasteiger partial charge in [-0.25, -0.2) is 4.79 Å². The Morgan fingerprint density at radius 1 is 1.13 bits per heavy atom. The molecule has 0 saturated heterocycles. The number of nitrogens with zero attached hydrogens (tertiary/aromatic N) is 1. The summed E-state index contributed by atoms with van der Waals surface area (Å²) >= 11 is 0. The van der Waals surface area contributed by atoms with Gasteiger partial charge in [-0.05, 0) is 28.1 Å². The Morgan fingerprint density at radius 3 is 2.27 bits per heavy atom. The van der Waals surface area contributed by atoms with E-state index in [1.165, 1.54) is 12.1 Å². The van der Waals surface area contributed by atoms with Crippen molar-refractivity contribution in [2.75, 3.05) is 0 Å². The van der Waals surface area contributed by atoms with Gasteiger partial charge in [0.2, 0.25) is 0 Å². The summed E-state index contributed by atoms with van der Waals surface area (Å²) in [4.78, 5) is 21.3. The SMILES string of the molecule is O=Nc1cc2ccccc2cc1C(=O)O. The highest BCUT2D eigenvalue weighted by Crippen LogP contribution is 2.26. The average Bonchev–Trinajstić information content (AvgIpc) is 2.27. The van der Waals surface area contributed by atoms with Crippen LogP contribution in [0.1, 0.15) is 10.4 Å². The Hall–Kier alpha value is -2.23. The van der Waals surface area contributed by atoms with Crippen molar-refractivity contribution in [3.63, 3.8) is 0 Å². The normalized spacial score (nSPS) is 10.1. The quantitative estimate of drug-likeness (QED) is 0.759. The Labute approximate surface area is 85.1 Å². The van der Waals surface area contributed by atoms with E-state index in [2.05, 4.69) is 5.18 Å². The number of hydrogen-bond acceptors (Lipinski definition) is 3. The van der Waals surface area contributed by atoms with Crippen molar-refractivity contribution in [3.8, 4) is 0 Å². The van der Waals surface area contributed by atoms with Crippen LogP contribution in [0.5, 0.6) is 0 Å². The van der Waals surface area contributed by atoms with Crippen molar-refractivity contribution >= 4 is 22.4 Å². The molecule has 2 rings (SSSR count). The molecule has 0 unspecified atom stereocenters. The van der Waals surface area contributed by atoms with Gasteiger partial charge in [-0.1, -0.05) is 24.3 Å². The van der Waals surface area contributed by atoms with Crippen LogP contribution in [0.15, 0.2) is 41.6 Å². The number of nitroso groups, excluding NO2 is 1. The van der Waals surface area contributed by atoms with Gasteiger partial charge in [0.1, 0.15) is 5.69 Å². The highest BCUT2D eigenvalue weighted by atomic mass is 16.4. The van der Waals surface area contributed by atoms with Gasteiger partial charge >= 0.3 is 5.97 Å². The van der Waals surface area contributed by atoms with E-state index in [-0.39, 0.29) is 11.3 Å². The predicted octanol–water partition coefficient (Wildman–Crippen LogP) is 2.94. The Bertz CT molecular complexity index is 549. The number of carbonyl (C=O) groups is 1. The zero-order chi connectivity index (χ0) is 10.8. The molecule has 0 atom stereocenters. The molecule has 0 aliphatic rings. The number of hydrogen-bond donors (Lipinski definition) is 1. The predicted molar refractivity (Wildman–Crippen MR) is 56.4 cm³/mol. The van der Waals surface area contributed by atoms with Crippen molar-refractivity contribution in [3.05, 3.63) is 46.9 Å². The highest BCUT2D eigenvalue weighted by Gasteiger charge is 2.11. The van der Waals surface area contributed by atoms with Crippen LogP contribution in [0.25, 0.3) is 10.8 Å². The van der Waals surface area contributed by atoms with Crippen molar-refractivity contribution in [1.82, 2.24) is 0 Å². The molecule has 2 aromatic rings. The molecule has 2 aromatic carbocycles. The molecule has 74 valence electrons. The van der Waals surface area contributed by atoms with Crippen LogP contribution in [-0.2, 0) is 0 Å². The van der Waals surface area contributed by atoms with E-state index < -0.39 is 5.97 Å². The van der Waals surface area contributed by atoms with E-state index in [0.717, 1.165) is 10.8 Å². The number of carboxylic acid groups (broad SMARTS) is 1. The summed E-state index contributed by atoms with van der Waals surface area (Å²) in [6.07, 6.45) is 0. The van der Waals surface area contributed by atoms with E-state index in [9.17, 15) is 9.70 Å². The third kappa shape index (κ3) is 1.57. The maximum absolute atomic E-state index is 10.8. The second kappa shape index (κ2) is 3.49. The third-order valence-electron chi connectivity index (χ3n) is 2.19. The smallest absolute Gasteiger partial charge is 0.338 e. The van der Waals surface area contributed by atoms with E-state index in [1.54, 1.807) is 12.1 Å². The fourth-order valence-corrected chi connectivity index (χ4v) is 1.48.